The summed E-state index contributed by atoms with van der Waals surface area (Å²) in [7, 11) is 0. The number of halogens is 2. The zero-order valence-electron chi connectivity index (χ0n) is 16.5. The third-order valence-electron chi connectivity index (χ3n) is 5.86. The topological polar surface area (TPSA) is 55.0 Å². The van der Waals surface area contributed by atoms with Crippen LogP contribution in [-0.4, -0.2) is 29.1 Å². The summed E-state index contributed by atoms with van der Waals surface area (Å²) < 4.78 is 28.6. The average molecular weight is 404 g/mol. The van der Waals surface area contributed by atoms with Crippen LogP contribution in [0.1, 0.15) is 29.7 Å². The van der Waals surface area contributed by atoms with E-state index in [2.05, 4.69) is 16.0 Å². The van der Waals surface area contributed by atoms with Gasteiger partial charge in [-0.2, -0.15) is 0 Å². The van der Waals surface area contributed by atoms with E-state index >= 15 is 0 Å². The highest BCUT2D eigenvalue weighted by molar-refractivity contribution is 5.85. The molecule has 2 aliphatic rings. The van der Waals surface area contributed by atoms with Gasteiger partial charge in [-0.1, -0.05) is 24.3 Å². The monoisotopic (exact) mass is 404 g/mol. The van der Waals surface area contributed by atoms with Crippen LogP contribution in [-0.2, 0) is 6.42 Å². The Kier molecular flexibility index (Phi) is 4.79. The normalized spacial score (nSPS) is 18.3. The SMILES string of the molecule is NC1CCCN(c2cncc(C3=CCc4ccc(-c5c(F)cccc5F)cc43)n2)C1. The van der Waals surface area contributed by atoms with Gasteiger partial charge in [-0.25, -0.2) is 13.8 Å². The van der Waals surface area contributed by atoms with E-state index in [0.717, 1.165) is 60.6 Å². The molecule has 0 radical (unpaired) electrons. The van der Waals surface area contributed by atoms with Gasteiger partial charge in [0.05, 0.1) is 23.7 Å². The summed E-state index contributed by atoms with van der Waals surface area (Å²) in [6.07, 6.45) is 8.43. The van der Waals surface area contributed by atoms with Crippen molar-refractivity contribution in [2.45, 2.75) is 25.3 Å². The number of nitrogens with zero attached hydrogens (tertiary/aromatic N) is 3. The minimum Gasteiger partial charge on any atom is -0.354 e. The van der Waals surface area contributed by atoms with E-state index < -0.39 is 11.6 Å². The molecule has 1 aromatic heterocycles. The third kappa shape index (κ3) is 3.37. The fourth-order valence-corrected chi connectivity index (χ4v) is 4.35. The Morgan fingerprint density at radius 3 is 2.70 bits per heavy atom. The number of allylic oxidation sites excluding steroid dienone is 1. The molecule has 2 aromatic carbocycles. The van der Waals surface area contributed by atoms with Gasteiger partial charge < -0.3 is 10.6 Å². The molecule has 2 heterocycles. The predicted octanol–water partition coefficient (Wildman–Crippen LogP) is 4.34. The number of piperidine rings is 1. The molecule has 1 atom stereocenters. The number of fused-ring (bicyclic) bond motifs is 1. The van der Waals surface area contributed by atoms with E-state index in [-0.39, 0.29) is 11.6 Å². The second kappa shape index (κ2) is 7.61. The molecule has 6 heteroatoms. The number of rotatable bonds is 3. The average Bonchev–Trinajstić information content (AvgIpc) is 3.17. The number of nitrogens with two attached hydrogens (primary N) is 1. The lowest BCUT2D eigenvalue weighted by molar-refractivity contribution is 0.502. The largest absolute Gasteiger partial charge is 0.354 e. The first kappa shape index (κ1) is 18.9. The van der Waals surface area contributed by atoms with E-state index in [1.54, 1.807) is 18.5 Å². The first-order chi connectivity index (χ1) is 14.6. The molecule has 3 aromatic rings. The standard InChI is InChI=1S/C24H22F2N4/c25-20-4-1-5-21(26)24(20)16-7-6-15-8-9-18(19(15)11-16)22-12-28-13-23(29-22)30-10-2-3-17(27)14-30/h1,4-7,9,11-13,17H,2-3,8,10,14,27H2. The van der Waals surface area contributed by atoms with Crippen molar-refractivity contribution >= 4 is 11.4 Å². The van der Waals surface area contributed by atoms with E-state index in [1.165, 1.54) is 18.2 Å². The minimum atomic E-state index is -0.568. The Bertz CT molecular complexity index is 1120. The summed E-state index contributed by atoms with van der Waals surface area (Å²) in [5.41, 5.74) is 10.4. The van der Waals surface area contributed by atoms with Crippen LogP contribution >= 0.6 is 0 Å². The van der Waals surface area contributed by atoms with Crippen molar-refractivity contribution in [3.63, 3.8) is 0 Å². The van der Waals surface area contributed by atoms with Gasteiger partial charge >= 0.3 is 0 Å². The summed E-state index contributed by atoms with van der Waals surface area (Å²) in [5.74, 6) is -0.322. The third-order valence-corrected chi connectivity index (χ3v) is 5.86. The Labute approximate surface area is 174 Å². The van der Waals surface area contributed by atoms with Gasteiger partial charge in [0.25, 0.3) is 0 Å². The maximum absolute atomic E-state index is 14.3. The number of hydrogen-bond acceptors (Lipinski definition) is 4. The smallest absolute Gasteiger partial charge is 0.147 e. The Balaban J connectivity index is 1.51. The Morgan fingerprint density at radius 2 is 1.90 bits per heavy atom. The van der Waals surface area contributed by atoms with Crippen LogP contribution in [0.4, 0.5) is 14.6 Å². The maximum Gasteiger partial charge on any atom is 0.147 e. The van der Waals surface area contributed by atoms with Gasteiger partial charge in [0.2, 0.25) is 0 Å². The lowest BCUT2D eigenvalue weighted by atomic mass is 9.96. The molecule has 1 saturated heterocycles. The van der Waals surface area contributed by atoms with E-state index in [1.807, 2.05) is 12.1 Å². The molecule has 1 unspecified atom stereocenters. The molecule has 2 N–H and O–H groups in total. The number of aromatic nitrogens is 2. The molecule has 4 nitrogen and oxygen atoms in total. The first-order valence-corrected chi connectivity index (χ1v) is 10.2. The Morgan fingerprint density at radius 1 is 1.07 bits per heavy atom. The first-order valence-electron chi connectivity index (χ1n) is 10.2. The van der Waals surface area contributed by atoms with Crippen molar-refractivity contribution in [3.8, 4) is 11.1 Å². The molecule has 1 aliphatic carbocycles. The number of benzene rings is 2. The molecule has 0 amide bonds. The quantitative estimate of drug-likeness (QED) is 0.706. The molecule has 1 aliphatic heterocycles. The van der Waals surface area contributed by atoms with Crippen LogP contribution < -0.4 is 10.6 Å². The van der Waals surface area contributed by atoms with Gasteiger partial charge in [0, 0.05) is 24.7 Å². The number of anilines is 1. The minimum absolute atomic E-state index is 0.00584. The number of hydrogen-bond donors (Lipinski definition) is 1. The van der Waals surface area contributed by atoms with Gasteiger partial charge in [0.15, 0.2) is 0 Å². The van der Waals surface area contributed by atoms with E-state index in [4.69, 9.17) is 10.7 Å². The van der Waals surface area contributed by atoms with E-state index in [0.29, 0.717) is 5.56 Å². The molecular formula is C24H22F2N4. The zero-order chi connectivity index (χ0) is 20.7. The molecule has 0 bridgehead atoms. The lowest BCUT2D eigenvalue weighted by Crippen LogP contribution is -2.43. The molecule has 0 spiro atoms. The van der Waals surface area contributed by atoms with Crippen molar-refractivity contribution in [2.24, 2.45) is 5.73 Å². The maximum atomic E-state index is 14.3. The van der Waals surface area contributed by atoms with Gasteiger partial charge in [-0.05, 0) is 54.2 Å². The second-order valence-corrected chi connectivity index (χ2v) is 7.90. The van der Waals surface area contributed by atoms with Crippen molar-refractivity contribution < 1.29 is 8.78 Å². The van der Waals surface area contributed by atoms with Gasteiger partial charge in [-0.15, -0.1) is 0 Å². The molecular weight excluding hydrogens is 382 g/mol. The van der Waals surface area contributed by atoms with Crippen LogP contribution in [0.2, 0.25) is 0 Å². The predicted molar refractivity (Wildman–Crippen MR) is 114 cm³/mol. The summed E-state index contributed by atoms with van der Waals surface area (Å²) in [4.78, 5) is 11.4. The molecule has 0 saturated carbocycles. The fourth-order valence-electron chi connectivity index (χ4n) is 4.35. The molecule has 30 heavy (non-hydrogen) atoms. The van der Waals surface area contributed by atoms with Crippen LogP contribution in [0, 0.1) is 11.6 Å². The highest BCUT2D eigenvalue weighted by atomic mass is 19.1. The summed E-state index contributed by atoms with van der Waals surface area (Å²) in [6, 6.07) is 9.63. The van der Waals surface area contributed by atoms with Crippen LogP contribution in [0.3, 0.4) is 0 Å². The molecule has 5 rings (SSSR count). The van der Waals surface area contributed by atoms with Crippen LogP contribution in [0.5, 0.6) is 0 Å². The van der Waals surface area contributed by atoms with Gasteiger partial charge in [-0.3, -0.25) is 4.98 Å². The van der Waals surface area contributed by atoms with Crippen LogP contribution in [0.15, 0.2) is 54.9 Å². The van der Waals surface area contributed by atoms with Crippen molar-refractivity contribution in [1.29, 1.82) is 0 Å². The zero-order valence-corrected chi connectivity index (χ0v) is 16.5. The Hall–Kier alpha value is -3.12. The summed E-state index contributed by atoms with van der Waals surface area (Å²) in [6.45, 7) is 1.68. The highest BCUT2D eigenvalue weighted by Crippen LogP contribution is 2.36. The van der Waals surface area contributed by atoms with Crippen molar-refractivity contribution in [3.05, 3.63) is 83.3 Å². The highest BCUT2D eigenvalue weighted by Gasteiger charge is 2.22. The lowest BCUT2D eigenvalue weighted by Gasteiger charge is -2.31. The molecule has 1 fully saturated rings. The van der Waals surface area contributed by atoms with Crippen molar-refractivity contribution in [2.75, 3.05) is 18.0 Å². The summed E-state index contributed by atoms with van der Waals surface area (Å²) >= 11 is 0. The second-order valence-electron chi connectivity index (χ2n) is 7.90. The fraction of sp³-hybridized carbons (Fsp3) is 0.250. The van der Waals surface area contributed by atoms with Gasteiger partial charge in [0.1, 0.15) is 17.5 Å². The molecule has 152 valence electrons. The van der Waals surface area contributed by atoms with E-state index in [9.17, 15) is 8.78 Å². The summed E-state index contributed by atoms with van der Waals surface area (Å²) in [5, 5.41) is 0. The van der Waals surface area contributed by atoms with Crippen molar-refractivity contribution in [1.82, 2.24) is 9.97 Å². The van der Waals surface area contributed by atoms with Crippen LogP contribution in [0.25, 0.3) is 16.7 Å².